The van der Waals surface area contributed by atoms with E-state index >= 15 is 0 Å². The molecule has 5 heteroatoms. The van der Waals surface area contributed by atoms with Crippen molar-refractivity contribution in [2.75, 3.05) is 13.7 Å². The highest BCUT2D eigenvalue weighted by molar-refractivity contribution is 4.97. The van der Waals surface area contributed by atoms with Crippen LogP contribution in [0, 0.1) is 0 Å². The van der Waals surface area contributed by atoms with Crippen molar-refractivity contribution in [2.24, 2.45) is 0 Å². The van der Waals surface area contributed by atoms with Gasteiger partial charge in [0.15, 0.2) is 0 Å². The second-order valence-electron chi connectivity index (χ2n) is 2.92. The Balaban J connectivity index is 2.00. The molecule has 1 aliphatic heterocycles. The number of ether oxygens (including phenoxy) is 1. The molecule has 66 valence electrons. The molecule has 2 atom stereocenters. The number of nitrogens with zero attached hydrogens (tertiary/aromatic N) is 2. The van der Waals surface area contributed by atoms with Gasteiger partial charge in [0, 0.05) is 13.7 Å². The molecular formula is C7H12N4O. The van der Waals surface area contributed by atoms with Crippen molar-refractivity contribution in [3.8, 4) is 0 Å². The summed E-state index contributed by atoms with van der Waals surface area (Å²) < 4.78 is 5.21. The summed E-state index contributed by atoms with van der Waals surface area (Å²) in [6.45, 7) is 0.891. The van der Waals surface area contributed by atoms with Gasteiger partial charge in [0.25, 0.3) is 0 Å². The third-order valence-electron chi connectivity index (χ3n) is 2.19. The fourth-order valence-corrected chi connectivity index (χ4v) is 1.47. The smallest absolute Gasteiger partial charge is 0.141 e. The lowest BCUT2D eigenvalue weighted by Gasteiger charge is -2.05. The molecular weight excluding hydrogens is 156 g/mol. The maximum Gasteiger partial charge on any atom is 0.141 e. The second-order valence-corrected chi connectivity index (χ2v) is 2.92. The van der Waals surface area contributed by atoms with Crippen molar-refractivity contribution in [3.63, 3.8) is 0 Å². The summed E-state index contributed by atoms with van der Waals surface area (Å²) in [4.78, 5) is 4.08. The largest absolute Gasteiger partial charge is 0.380 e. The van der Waals surface area contributed by atoms with Gasteiger partial charge < -0.3 is 10.1 Å². The van der Waals surface area contributed by atoms with Crippen LogP contribution in [0.2, 0.25) is 0 Å². The predicted molar refractivity (Wildman–Crippen MR) is 42.5 cm³/mol. The minimum atomic E-state index is 0.275. The molecule has 5 nitrogen and oxygen atoms in total. The number of hydrogen-bond acceptors (Lipinski definition) is 4. The lowest BCUT2D eigenvalue weighted by Crippen LogP contribution is -2.16. The second kappa shape index (κ2) is 3.20. The number of methoxy groups -OCH3 is 1. The highest BCUT2D eigenvalue weighted by Crippen LogP contribution is 2.20. The van der Waals surface area contributed by atoms with Gasteiger partial charge in [-0.05, 0) is 6.42 Å². The van der Waals surface area contributed by atoms with E-state index in [1.54, 1.807) is 7.11 Å². The van der Waals surface area contributed by atoms with Gasteiger partial charge in [0.2, 0.25) is 0 Å². The van der Waals surface area contributed by atoms with Gasteiger partial charge in [0.05, 0.1) is 12.1 Å². The summed E-state index contributed by atoms with van der Waals surface area (Å²) in [5.74, 6) is 0.898. The van der Waals surface area contributed by atoms with Crippen LogP contribution in [0.15, 0.2) is 6.33 Å². The number of nitrogens with one attached hydrogen (secondary N) is 2. The molecule has 0 unspecified atom stereocenters. The third kappa shape index (κ3) is 1.33. The highest BCUT2D eigenvalue weighted by Gasteiger charge is 2.26. The maximum absolute atomic E-state index is 5.21. The van der Waals surface area contributed by atoms with Gasteiger partial charge >= 0.3 is 0 Å². The van der Waals surface area contributed by atoms with Crippen LogP contribution in [-0.2, 0) is 4.74 Å². The quantitative estimate of drug-likeness (QED) is 0.645. The minimum absolute atomic E-state index is 0.275. The van der Waals surface area contributed by atoms with Crippen LogP contribution in [0.5, 0.6) is 0 Å². The summed E-state index contributed by atoms with van der Waals surface area (Å²) in [5.41, 5.74) is 0. The molecule has 0 bridgehead atoms. The van der Waals surface area contributed by atoms with Crippen molar-refractivity contribution in [1.82, 2.24) is 20.5 Å². The van der Waals surface area contributed by atoms with Crippen LogP contribution < -0.4 is 5.32 Å². The average molecular weight is 168 g/mol. The minimum Gasteiger partial charge on any atom is -0.380 e. The molecule has 2 heterocycles. The zero-order chi connectivity index (χ0) is 8.39. The molecule has 1 saturated heterocycles. The van der Waals surface area contributed by atoms with Gasteiger partial charge in [-0.25, -0.2) is 4.98 Å². The van der Waals surface area contributed by atoms with Crippen molar-refractivity contribution in [1.29, 1.82) is 0 Å². The number of H-pyrrole nitrogens is 1. The lowest BCUT2D eigenvalue weighted by molar-refractivity contribution is 0.117. The van der Waals surface area contributed by atoms with Crippen LogP contribution in [0.3, 0.4) is 0 Å². The number of aromatic amines is 1. The molecule has 12 heavy (non-hydrogen) atoms. The average Bonchev–Trinajstić information content (AvgIpc) is 2.75. The zero-order valence-corrected chi connectivity index (χ0v) is 6.95. The van der Waals surface area contributed by atoms with Crippen LogP contribution in [-0.4, -0.2) is 34.9 Å². The Morgan fingerprint density at radius 1 is 1.67 bits per heavy atom. The molecule has 1 aromatic rings. The fourth-order valence-electron chi connectivity index (χ4n) is 1.47. The van der Waals surface area contributed by atoms with E-state index in [1.165, 1.54) is 6.33 Å². The van der Waals surface area contributed by atoms with E-state index in [0.717, 1.165) is 18.8 Å². The number of aromatic nitrogens is 3. The van der Waals surface area contributed by atoms with E-state index in [2.05, 4.69) is 20.5 Å². The number of rotatable bonds is 2. The Labute approximate surface area is 70.5 Å². The Morgan fingerprint density at radius 3 is 3.17 bits per heavy atom. The van der Waals surface area contributed by atoms with E-state index in [9.17, 15) is 0 Å². The molecule has 0 aromatic carbocycles. The van der Waals surface area contributed by atoms with Crippen LogP contribution in [0.1, 0.15) is 18.3 Å². The van der Waals surface area contributed by atoms with Gasteiger partial charge in [-0.15, -0.1) is 0 Å². The van der Waals surface area contributed by atoms with Crippen LogP contribution >= 0.6 is 0 Å². The Bertz CT molecular complexity index is 236. The third-order valence-corrected chi connectivity index (χ3v) is 2.19. The molecule has 0 amide bonds. The summed E-state index contributed by atoms with van der Waals surface area (Å²) in [7, 11) is 1.73. The molecule has 2 rings (SSSR count). The SMILES string of the molecule is CO[C@@H]1CN[C@@H](c2ncn[nH]2)C1. The molecule has 0 aliphatic carbocycles. The normalized spacial score (nSPS) is 29.4. The highest BCUT2D eigenvalue weighted by atomic mass is 16.5. The lowest BCUT2D eigenvalue weighted by atomic mass is 10.2. The first-order chi connectivity index (χ1) is 5.90. The molecule has 0 saturated carbocycles. The molecule has 2 N–H and O–H groups in total. The van der Waals surface area contributed by atoms with E-state index in [1.807, 2.05) is 0 Å². The first-order valence-corrected chi connectivity index (χ1v) is 4.01. The standard InChI is InChI=1S/C7H12N4O/c1-12-5-2-6(8-3-5)7-9-4-10-11-7/h4-6,8H,2-3H2,1H3,(H,9,10,11)/t5-,6+/m0/s1. The first kappa shape index (κ1) is 7.70. The van der Waals surface area contributed by atoms with Crippen molar-refractivity contribution in [3.05, 3.63) is 12.2 Å². The molecule has 1 aromatic heterocycles. The summed E-state index contributed by atoms with van der Waals surface area (Å²) in [6.07, 6.45) is 2.79. The predicted octanol–water partition coefficient (Wildman–Crippen LogP) is -0.146. The topological polar surface area (TPSA) is 62.8 Å². The Kier molecular flexibility index (Phi) is 2.05. The van der Waals surface area contributed by atoms with Crippen molar-refractivity contribution < 1.29 is 4.74 Å². The van der Waals surface area contributed by atoms with Crippen LogP contribution in [0.25, 0.3) is 0 Å². The number of hydrogen-bond donors (Lipinski definition) is 2. The van der Waals surface area contributed by atoms with E-state index < -0.39 is 0 Å². The van der Waals surface area contributed by atoms with E-state index in [4.69, 9.17) is 4.74 Å². The van der Waals surface area contributed by atoms with Gasteiger partial charge in [-0.1, -0.05) is 0 Å². The van der Waals surface area contributed by atoms with E-state index in [-0.39, 0.29) is 6.04 Å². The van der Waals surface area contributed by atoms with Gasteiger partial charge in [-0.2, -0.15) is 5.10 Å². The molecule has 1 fully saturated rings. The van der Waals surface area contributed by atoms with Crippen LogP contribution in [0.4, 0.5) is 0 Å². The molecule has 1 aliphatic rings. The van der Waals surface area contributed by atoms with Crippen molar-refractivity contribution >= 4 is 0 Å². The maximum atomic E-state index is 5.21. The molecule has 0 spiro atoms. The fraction of sp³-hybridized carbons (Fsp3) is 0.714. The summed E-state index contributed by atoms with van der Waals surface area (Å²) in [6, 6.07) is 0.275. The Morgan fingerprint density at radius 2 is 2.58 bits per heavy atom. The monoisotopic (exact) mass is 168 g/mol. The molecule has 0 radical (unpaired) electrons. The van der Waals surface area contributed by atoms with Crippen molar-refractivity contribution in [2.45, 2.75) is 18.6 Å². The van der Waals surface area contributed by atoms with E-state index in [0.29, 0.717) is 6.10 Å². The summed E-state index contributed by atoms with van der Waals surface area (Å²) >= 11 is 0. The van der Waals surface area contributed by atoms with Gasteiger partial charge in [0.1, 0.15) is 12.2 Å². The van der Waals surface area contributed by atoms with Gasteiger partial charge in [-0.3, -0.25) is 5.10 Å². The first-order valence-electron chi connectivity index (χ1n) is 4.01. The zero-order valence-electron chi connectivity index (χ0n) is 6.95. The Hall–Kier alpha value is -0.940. The summed E-state index contributed by atoms with van der Waals surface area (Å²) in [5, 5.41) is 9.95.